The summed E-state index contributed by atoms with van der Waals surface area (Å²) < 4.78 is 43.4. The van der Waals surface area contributed by atoms with Gasteiger partial charge < -0.3 is 21.3 Å². The molecule has 0 spiro atoms. The van der Waals surface area contributed by atoms with Crippen molar-refractivity contribution in [2.24, 2.45) is 0 Å². The Morgan fingerprint density at radius 1 is 1.00 bits per heavy atom. The number of amides is 2. The Balaban J connectivity index is 1.25. The Kier molecular flexibility index (Phi) is 7.95. The van der Waals surface area contributed by atoms with Crippen LogP contribution in [0.5, 0.6) is 0 Å². The number of anilines is 3. The maximum atomic E-state index is 13.9. The van der Waals surface area contributed by atoms with E-state index in [-0.39, 0.29) is 17.8 Å². The summed E-state index contributed by atoms with van der Waals surface area (Å²) in [6.45, 7) is 5.15. The molecule has 4 aromatic rings. The number of rotatable bonds is 6. The number of nitrogens with zero attached hydrogens (tertiary/aromatic N) is 5. The van der Waals surface area contributed by atoms with Gasteiger partial charge >= 0.3 is 12.2 Å². The minimum Gasteiger partial charge on any atom is -0.382 e. The molecular weight excluding hydrogens is 533 g/mol. The van der Waals surface area contributed by atoms with Gasteiger partial charge in [-0.1, -0.05) is 18.2 Å². The van der Waals surface area contributed by atoms with Crippen molar-refractivity contribution in [1.82, 2.24) is 24.6 Å². The van der Waals surface area contributed by atoms with Crippen molar-refractivity contribution in [2.75, 3.05) is 49.6 Å². The predicted octanol–water partition coefficient (Wildman–Crippen LogP) is 5.24. The van der Waals surface area contributed by atoms with Crippen LogP contribution in [-0.4, -0.2) is 63.8 Å². The lowest BCUT2D eigenvalue weighted by atomic mass is 10.0. The molecule has 9 nitrogen and oxygen atoms in total. The lowest BCUT2D eigenvalue weighted by Crippen LogP contribution is -2.44. The van der Waals surface area contributed by atoms with Gasteiger partial charge in [-0.25, -0.2) is 14.5 Å². The number of hydrogen-bond donors (Lipinski definition) is 3. The van der Waals surface area contributed by atoms with E-state index in [1.807, 2.05) is 37.1 Å². The third kappa shape index (κ3) is 6.50. The summed E-state index contributed by atoms with van der Waals surface area (Å²) in [5.74, 6) is 0.364. The standard InChI is InChI=1S/C29H31F3N8O/c1-19-24(17-35-40(19)26-4-3-11-34-27(26)33)20-5-8-22(9-6-20)36-28(41)37-23-10-7-21(25(16-23)29(30,31)32)18-39-14-12-38(2)13-15-39/h3-11,16-17H,12-15,18H2,1-2H3,(H2,33,34)(H2,36,37,41). The van der Waals surface area contributed by atoms with E-state index < -0.39 is 17.8 Å². The average Bonchev–Trinajstić information content (AvgIpc) is 3.31. The van der Waals surface area contributed by atoms with E-state index >= 15 is 0 Å². The highest BCUT2D eigenvalue weighted by Crippen LogP contribution is 2.35. The molecule has 0 radical (unpaired) electrons. The molecule has 0 aliphatic carbocycles. The van der Waals surface area contributed by atoms with Gasteiger partial charge in [0.25, 0.3) is 0 Å². The van der Waals surface area contributed by atoms with Crippen LogP contribution in [0.25, 0.3) is 16.8 Å². The molecule has 1 saturated heterocycles. The molecule has 0 bridgehead atoms. The number of aromatic nitrogens is 3. The van der Waals surface area contributed by atoms with Crippen LogP contribution in [0.1, 0.15) is 16.8 Å². The topological polar surface area (TPSA) is 104 Å². The third-order valence-corrected chi connectivity index (χ3v) is 7.17. The number of carbonyl (C=O) groups is 1. The summed E-state index contributed by atoms with van der Waals surface area (Å²) >= 11 is 0. The van der Waals surface area contributed by atoms with Gasteiger partial charge in [0.1, 0.15) is 11.5 Å². The molecule has 1 fully saturated rings. The number of nitrogen functional groups attached to an aromatic ring is 1. The fraction of sp³-hybridized carbons (Fsp3) is 0.276. The van der Waals surface area contributed by atoms with Gasteiger partial charge in [-0.15, -0.1) is 0 Å². The number of halogens is 3. The second kappa shape index (κ2) is 11.6. The van der Waals surface area contributed by atoms with Crippen molar-refractivity contribution in [3.63, 3.8) is 0 Å². The number of alkyl halides is 3. The van der Waals surface area contributed by atoms with Crippen molar-refractivity contribution >= 4 is 23.2 Å². The maximum Gasteiger partial charge on any atom is 0.416 e. The maximum absolute atomic E-state index is 13.9. The zero-order valence-corrected chi connectivity index (χ0v) is 22.7. The van der Waals surface area contributed by atoms with Crippen molar-refractivity contribution < 1.29 is 18.0 Å². The SMILES string of the molecule is Cc1c(-c2ccc(NC(=O)Nc3ccc(CN4CCN(C)CC4)c(C(F)(F)F)c3)cc2)cnn1-c1cccnc1N. The molecule has 3 heterocycles. The Hall–Kier alpha value is -4.42. The van der Waals surface area contributed by atoms with Crippen LogP contribution < -0.4 is 16.4 Å². The van der Waals surface area contributed by atoms with Crippen LogP contribution >= 0.6 is 0 Å². The molecule has 2 aromatic heterocycles. The Bertz CT molecular complexity index is 1530. The molecule has 1 aliphatic heterocycles. The molecule has 1 aliphatic rings. The summed E-state index contributed by atoms with van der Waals surface area (Å²) in [4.78, 5) is 20.9. The summed E-state index contributed by atoms with van der Waals surface area (Å²) in [5.41, 5.74) is 9.25. The molecule has 0 unspecified atom stereocenters. The van der Waals surface area contributed by atoms with E-state index in [1.54, 1.807) is 35.3 Å². The summed E-state index contributed by atoms with van der Waals surface area (Å²) in [6, 6.07) is 14.0. The molecule has 41 heavy (non-hydrogen) atoms. The van der Waals surface area contributed by atoms with Gasteiger partial charge in [0, 0.05) is 61.6 Å². The number of carbonyl (C=O) groups excluding carboxylic acids is 1. The first kappa shape index (κ1) is 28.1. The van der Waals surface area contributed by atoms with Gasteiger partial charge in [0.2, 0.25) is 0 Å². The molecule has 5 rings (SSSR count). The molecule has 12 heteroatoms. The number of pyridine rings is 1. The zero-order chi connectivity index (χ0) is 29.1. The number of likely N-dealkylation sites (N-methyl/N-ethyl adjacent to an activating group) is 1. The first-order chi connectivity index (χ1) is 19.6. The van der Waals surface area contributed by atoms with Crippen molar-refractivity contribution in [3.05, 3.63) is 83.8 Å². The largest absolute Gasteiger partial charge is 0.416 e. The Morgan fingerprint density at radius 3 is 2.37 bits per heavy atom. The number of benzene rings is 2. The first-order valence-corrected chi connectivity index (χ1v) is 13.1. The highest BCUT2D eigenvalue weighted by Gasteiger charge is 2.34. The summed E-state index contributed by atoms with van der Waals surface area (Å²) in [6.07, 6.45) is -1.20. The zero-order valence-electron chi connectivity index (χ0n) is 22.7. The number of nitrogens with one attached hydrogen (secondary N) is 2. The lowest BCUT2D eigenvalue weighted by Gasteiger charge is -2.33. The lowest BCUT2D eigenvalue weighted by molar-refractivity contribution is -0.138. The van der Waals surface area contributed by atoms with Crippen molar-refractivity contribution in [2.45, 2.75) is 19.6 Å². The van der Waals surface area contributed by atoms with Crippen LogP contribution in [0.4, 0.5) is 35.2 Å². The van der Waals surface area contributed by atoms with Gasteiger partial charge in [-0.2, -0.15) is 18.3 Å². The van der Waals surface area contributed by atoms with Crippen LogP contribution in [0.2, 0.25) is 0 Å². The van der Waals surface area contributed by atoms with Crippen molar-refractivity contribution in [1.29, 1.82) is 0 Å². The molecule has 0 saturated carbocycles. The van der Waals surface area contributed by atoms with Gasteiger partial charge in [-0.3, -0.25) is 4.90 Å². The monoisotopic (exact) mass is 564 g/mol. The van der Waals surface area contributed by atoms with Crippen molar-refractivity contribution in [3.8, 4) is 16.8 Å². The fourth-order valence-corrected chi connectivity index (χ4v) is 4.85. The molecule has 4 N–H and O–H groups in total. The van der Waals surface area contributed by atoms with E-state index in [4.69, 9.17) is 5.73 Å². The predicted molar refractivity (Wildman–Crippen MR) is 153 cm³/mol. The number of hydrogen-bond acceptors (Lipinski definition) is 6. The number of nitrogens with two attached hydrogens (primary N) is 1. The fourth-order valence-electron chi connectivity index (χ4n) is 4.85. The second-order valence-electron chi connectivity index (χ2n) is 10.1. The molecular formula is C29H31F3N8O. The minimum absolute atomic E-state index is 0.0614. The molecule has 0 atom stereocenters. The van der Waals surface area contributed by atoms with Crippen LogP contribution in [0.15, 0.2) is 67.0 Å². The highest BCUT2D eigenvalue weighted by atomic mass is 19.4. The third-order valence-electron chi connectivity index (χ3n) is 7.17. The van der Waals surface area contributed by atoms with E-state index in [0.29, 0.717) is 30.3 Å². The molecule has 214 valence electrons. The highest BCUT2D eigenvalue weighted by molar-refractivity contribution is 6.00. The Labute approximate surface area is 235 Å². The number of piperazine rings is 1. The normalized spacial score (nSPS) is 14.7. The van der Waals surface area contributed by atoms with Gasteiger partial charge in [0.15, 0.2) is 0 Å². The number of urea groups is 1. The van der Waals surface area contributed by atoms with E-state index in [2.05, 4.69) is 25.6 Å². The summed E-state index contributed by atoms with van der Waals surface area (Å²) in [7, 11) is 2.00. The van der Waals surface area contributed by atoms with Gasteiger partial charge in [-0.05, 0) is 61.5 Å². The quantitative estimate of drug-likeness (QED) is 0.296. The van der Waals surface area contributed by atoms with Crippen LogP contribution in [0.3, 0.4) is 0 Å². The first-order valence-electron chi connectivity index (χ1n) is 13.1. The average molecular weight is 565 g/mol. The van der Waals surface area contributed by atoms with Gasteiger partial charge in [0.05, 0.1) is 11.8 Å². The Morgan fingerprint density at radius 2 is 1.68 bits per heavy atom. The van der Waals surface area contributed by atoms with E-state index in [1.165, 1.54) is 12.1 Å². The van der Waals surface area contributed by atoms with E-state index in [9.17, 15) is 18.0 Å². The molecule has 2 aromatic carbocycles. The second-order valence-corrected chi connectivity index (χ2v) is 10.1. The smallest absolute Gasteiger partial charge is 0.382 e. The van der Waals surface area contributed by atoms with E-state index in [0.717, 1.165) is 36.0 Å². The van der Waals surface area contributed by atoms with Crippen LogP contribution in [-0.2, 0) is 12.7 Å². The molecule has 2 amide bonds. The minimum atomic E-state index is -4.54. The summed E-state index contributed by atoms with van der Waals surface area (Å²) in [5, 5.41) is 9.63. The van der Waals surface area contributed by atoms with Crippen LogP contribution in [0, 0.1) is 6.92 Å².